The Hall–Kier alpha value is -2.66. The predicted molar refractivity (Wildman–Crippen MR) is 103 cm³/mol. The second-order valence-corrected chi connectivity index (χ2v) is 7.20. The third-order valence-corrected chi connectivity index (χ3v) is 5.00. The van der Waals surface area contributed by atoms with Crippen molar-refractivity contribution < 1.29 is 9.90 Å². The normalized spacial score (nSPS) is 10.7. The molecule has 1 heterocycles. The molecule has 0 saturated heterocycles. The van der Waals surface area contributed by atoms with Gasteiger partial charge in [0.25, 0.3) is 0 Å². The average molecular weight is 352 g/mol. The number of aliphatic carboxylic acids is 1. The number of para-hydroxylation sites is 1. The zero-order chi connectivity index (χ0) is 18.0. The highest BCUT2D eigenvalue weighted by molar-refractivity contribution is 7.16. The van der Waals surface area contributed by atoms with Gasteiger partial charge in [0.2, 0.25) is 0 Å². The summed E-state index contributed by atoms with van der Waals surface area (Å²) in [6.45, 7) is 6.10. The molecule has 0 unspecified atom stereocenters. The van der Waals surface area contributed by atoms with E-state index >= 15 is 0 Å². The predicted octanol–water partition coefficient (Wildman–Crippen LogP) is 5.11. The number of carbonyl (C=O) groups is 1. The van der Waals surface area contributed by atoms with Gasteiger partial charge < -0.3 is 10.4 Å². The SMILES string of the molecule is Cc1ccc(-c2nc(Nc3ccccc3C)sc2CC(=O)O)c(C)c1. The van der Waals surface area contributed by atoms with Crippen molar-refractivity contribution in [1.82, 2.24) is 4.98 Å². The lowest BCUT2D eigenvalue weighted by molar-refractivity contribution is -0.136. The molecule has 3 rings (SSSR count). The van der Waals surface area contributed by atoms with E-state index in [1.165, 1.54) is 16.9 Å². The van der Waals surface area contributed by atoms with E-state index in [2.05, 4.69) is 11.4 Å². The standard InChI is InChI=1S/C20H20N2O2S/c1-12-8-9-15(14(3)10-12)19-17(11-18(23)24)25-20(22-19)21-16-7-5-4-6-13(16)2/h4-10H,11H2,1-3H3,(H,21,22)(H,23,24). The molecule has 0 aliphatic carbocycles. The van der Waals surface area contributed by atoms with E-state index in [9.17, 15) is 9.90 Å². The molecular weight excluding hydrogens is 332 g/mol. The molecule has 0 aliphatic heterocycles. The van der Waals surface area contributed by atoms with Crippen LogP contribution in [0.5, 0.6) is 0 Å². The maximum Gasteiger partial charge on any atom is 0.308 e. The van der Waals surface area contributed by atoms with Gasteiger partial charge in [0.1, 0.15) is 0 Å². The smallest absolute Gasteiger partial charge is 0.308 e. The summed E-state index contributed by atoms with van der Waals surface area (Å²) in [7, 11) is 0. The van der Waals surface area contributed by atoms with Gasteiger partial charge in [-0.15, -0.1) is 11.3 Å². The highest BCUT2D eigenvalue weighted by Crippen LogP contribution is 2.35. The largest absolute Gasteiger partial charge is 0.481 e. The lowest BCUT2D eigenvalue weighted by Gasteiger charge is -2.06. The highest BCUT2D eigenvalue weighted by atomic mass is 32.1. The Labute approximate surface area is 151 Å². The van der Waals surface area contributed by atoms with Crippen molar-refractivity contribution in [2.24, 2.45) is 0 Å². The minimum absolute atomic E-state index is 0.0320. The van der Waals surface area contributed by atoms with Crippen molar-refractivity contribution in [3.05, 3.63) is 64.0 Å². The molecule has 25 heavy (non-hydrogen) atoms. The van der Waals surface area contributed by atoms with E-state index in [0.717, 1.165) is 32.9 Å². The minimum atomic E-state index is -0.850. The van der Waals surface area contributed by atoms with Crippen LogP contribution < -0.4 is 5.32 Å². The molecule has 128 valence electrons. The first-order valence-corrected chi connectivity index (χ1v) is 8.87. The number of benzene rings is 2. The second-order valence-electron chi connectivity index (χ2n) is 6.12. The maximum absolute atomic E-state index is 11.3. The molecule has 0 fully saturated rings. The zero-order valence-electron chi connectivity index (χ0n) is 14.5. The van der Waals surface area contributed by atoms with Gasteiger partial charge in [0, 0.05) is 16.1 Å². The molecule has 0 amide bonds. The third kappa shape index (κ3) is 3.88. The summed E-state index contributed by atoms with van der Waals surface area (Å²) in [4.78, 5) is 16.7. The molecule has 4 nitrogen and oxygen atoms in total. The first-order valence-electron chi connectivity index (χ1n) is 8.06. The molecule has 0 aliphatic rings. The number of anilines is 2. The summed E-state index contributed by atoms with van der Waals surface area (Å²) in [5.74, 6) is -0.850. The van der Waals surface area contributed by atoms with Crippen LogP contribution in [-0.2, 0) is 11.2 Å². The van der Waals surface area contributed by atoms with E-state index in [-0.39, 0.29) is 6.42 Å². The van der Waals surface area contributed by atoms with Crippen molar-refractivity contribution in [3.8, 4) is 11.3 Å². The highest BCUT2D eigenvalue weighted by Gasteiger charge is 2.17. The van der Waals surface area contributed by atoms with Crippen molar-refractivity contribution in [1.29, 1.82) is 0 Å². The number of carboxylic acids is 1. The Morgan fingerprint density at radius 3 is 2.56 bits per heavy atom. The molecule has 0 radical (unpaired) electrons. The van der Waals surface area contributed by atoms with Gasteiger partial charge in [-0.25, -0.2) is 4.98 Å². The van der Waals surface area contributed by atoms with Gasteiger partial charge in [-0.2, -0.15) is 0 Å². The number of aromatic nitrogens is 1. The van der Waals surface area contributed by atoms with Gasteiger partial charge in [0.15, 0.2) is 5.13 Å². The molecule has 1 aromatic heterocycles. The number of nitrogens with one attached hydrogen (secondary N) is 1. The Bertz CT molecular complexity index is 931. The summed E-state index contributed by atoms with van der Waals surface area (Å²) in [5.41, 5.74) is 6.10. The van der Waals surface area contributed by atoms with Crippen LogP contribution in [0.1, 0.15) is 21.6 Å². The Kier molecular flexibility index (Phi) is 4.86. The fourth-order valence-corrected chi connectivity index (χ4v) is 3.76. The lowest BCUT2D eigenvalue weighted by Crippen LogP contribution is -2.00. The van der Waals surface area contributed by atoms with E-state index < -0.39 is 5.97 Å². The number of rotatable bonds is 5. The van der Waals surface area contributed by atoms with Crippen LogP contribution in [0.25, 0.3) is 11.3 Å². The van der Waals surface area contributed by atoms with E-state index in [1.54, 1.807) is 0 Å². The number of aryl methyl sites for hydroxylation is 3. The molecule has 0 bridgehead atoms. The number of hydrogen-bond acceptors (Lipinski definition) is 4. The van der Waals surface area contributed by atoms with Crippen LogP contribution in [0, 0.1) is 20.8 Å². The molecule has 0 spiro atoms. The molecule has 3 aromatic rings. The van der Waals surface area contributed by atoms with Gasteiger partial charge in [-0.05, 0) is 38.0 Å². The number of hydrogen-bond donors (Lipinski definition) is 2. The van der Waals surface area contributed by atoms with Gasteiger partial charge in [-0.1, -0.05) is 42.0 Å². The molecule has 0 atom stereocenters. The van der Waals surface area contributed by atoms with Crippen molar-refractivity contribution >= 4 is 28.1 Å². The van der Waals surface area contributed by atoms with Crippen LogP contribution in [0.2, 0.25) is 0 Å². The Morgan fingerprint density at radius 2 is 1.88 bits per heavy atom. The topological polar surface area (TPSA) is 62.2 Å². The fourth-order valence-electron chi connectivity index (χ4n) is 2.78. The Balaban J connectivity index is 2.03. The monoisotopic (exact) mass is 352 g/mol. The Morgan fingerprint density at radius 1 is 1.12 bits per heavy atom. The van der Waals surface area contributed by atoms with Gasteiger partial charge in [0.05, 0.1) is 12.1 Å². The van der Waals surface area contributed by atoms with Crippen LogP contribution in [-0.4, -0.2) is 16.1 Å². The summed E-state index contributed by atoms with van der Waals surface area (Å²) < 4.78 is 0. The second kappa shape index (κ2) is 7.07. The zero-order valence-corrected chi connectivity index (χ0v) is 15.3. The van der Waals surface area contributed by atoms with Crippen LogP contribution in [0.4, 0.5) is 10.8 Å². The average Bonchev–Trinajstić information content (AvgIpc) is 2.91. The van der Waals surface area contributed by atoms with Crippen molar-refractivity contribution in [3.63, 3.8) is 0 Å². The van der Waals surface area contributed by atoms with E-state index in [0.29, 0.717) is 5.13 Å². The van der Waals surface area contributed by atoms with E-state index in [1.807, 2.05) is 57.2 Å². The summed E-state index contributed by atoms with van der Waals surface area (Å²) in [6.07, 6.45) is -0.0320. The van der Waals surface area contributed by atoms with E-state index in [4.69, 9.17) is 4.98 Å². The maximum atomic E-state index is 11.3. The molecule has 5 heteroatoms. The first kappa shape index (κ1) is 17.2. The first-order chi connectivity index (χ1) is 11.9. The van der Waals surface area contributed by atoms with Gasteiger partial charge >= 0.3 is 5.97 Å². The number of nitrogens with zero attached hydrogens (tertiary/aromatic N) is 1. The molecule has 0 saturated carbocycles. The van der Waals surface area contributed by atoms with Gasteiger partial charge in [-0.3, -0.25) is 4.79 Å². The minimum Gasteiger partial charge on any atom is -0.481 e. The summed E-state index contributed by atoms with van der Waals surface area (Å²) in [6, 6.07) is 14.1. The fraction of sp³-hybridized carbons (Fsp3) is 0.200. The van der Waals surface area contributed by atoms with Crippen molar-refractivity contribution in [2.75, 3.05) is 5.32 Å². The van der Waals surface area contributed by atoms with Crippen LogP contribution >= 0.6 is 11.3 Å². The summed E-state index contributed by atoms with van der Waals surface area (Å²) >= 11 is 1.40. The summed E-state index contributed by atoms with van der Waals surface area (Å²) in [5, 5.41) is 13.3. The van der Waals surface area contributed by atoms with Crippen molar-refractivity contribution in [2.45, 2.75) is 27.2 Å². The lowest BCUT2D eigenvalue weighted by atomic mass is 10.0. The number of thiazole rings is 1. The molecule has 2 aromatic carbocycles. The third-order valence-electron chi connectivity index (χ3n) is 4.03. The molecular formula is C20H20N2O2S. The number of carboxylic acid groups (broad SMARTS) is 1. The van der Waals surface area contributed by atoms with Crippen LogP contribution in [0.15, 0.2) is 42.5 Å². The molecule has 2 N–H and O–H groups in total. The van der Waals surface area contributed by atoms with Crippen LogP contribution in [0.3, 0.4) is 0 Å². The quantitative estimate of drug-likeness (QED) is 0.670.